The molecule has 31 heavy (non-hydrogen) atoms. The molecule has 176 valence electrons. The third-order valence-electron chi connectivity index (χ3n) is 7.26. The summed E-state index contributed by atoms with van der Waals surface area (Å²) in [7, 11) is 2.07. The van der Waals surface area contributed by atoms with Crippen LogP contribution < -0.4 is 4.90 Å². The number of alkyl halides is 4. The molecule has 0 spiro atoms. The fourth-order valence-electron chi connectivity index (χ4n) is 4.77. The summed E-state index contributed by atoms with van der Waals surface area (Å²) in [6.07, 6.45) is -2.72. The summed E-state index contributed by atoms with van der Waals surface area (Å²) in [4.78, 5) is 6.48. The molecule has 0 unspecified atom stereocenters. The average Bonchev–Trinajstić information content (AvgIpc) is 2.67. The summed E-state index contributed by atoms with van der Waals surface area (Å²) in [5.74, 6) is 0. The maximum Gasteiger partial charge on any atom is 0.418 e. The van der Waals surface area contributed by atoms with Gasteiger partial charge in [0.2, 0.25) is 0 Å². The Morgan fingerprint density at radius 2 is 1.61 bits per heavy atom. The predicted octanol–water partition coefficient (Wildman–Crippen LogP) is 5.73. The summed E-state index contributed by atoms with van der Waals surface area (Å²) in [6, 6.07) is 4.47. The highest BCUT2D eigenvalue weighted by molar-refractivity contribution is 5.57. The van der Waals surface area contributed by atoms with E-state index in [-0.39, 0.29) is 29.6 Å². The lowest BCUT2D eigenvalue weighted by Gasteiger charge is -2.49. The first-order valence-electron chi connectivity index (χ1n) is 11.3. The summed E-state index contributed by atoms with van der Waals surface area (Å²) in [5, 5.41) is 0. The molecule has 0 amide bonds. The zero-order valence-electron chi connectivity index (χ0n) is 19.5. The molecule has 0 N–H and O–H groups in total. The van der Waals surface area contributed by atoms with Crippen molar-refractivity contribution >= 4 is 5.69 Å². The summed E-state index contributed by atoms with van der Waals surface area (Å²) < 4.78 is 54.5. The minimum Gasteiger partial charge on any atom is -0.371 e. The zero-order valence-corrected chi connectivity index (χ0v) is 19.5. The Kier molecular flexibility index (Phi) is 6.97. The number of benzene rings is 1. The van der Waals surface area contributed by atoms with Crippen LogP contribution in [0.3, 0.4) is 0 Å². The van der Waals surface area contributed by atoms with Crippen LogP contribution in [0, 0.1) is 0 Å². The largest absolute Gasteiger partial charge is 0.418 e. The van der Waals surface area contributed by atoms with Gasteiger partial charge in [0.05, 0.1) is 5.56 Å². The molecule has 1 aromatic rings. The van der Waals surface area contributed by atoms with Crippen LogP contribution in [0.5, 0.6) is 0 Å². The number of anilines is 1. The van der Waals surface area contributed by atoms with Crippen LogP contribution in [-0.4, -0.2) is 60.3 Å². The van der Waals surface area contributed by atoms with Gasteiger partial charge >= 0.3 is 6.18 Å². The van der Waals surface area contributed by atoms with Crippen molar-refractivity contribution in [3.05, 3.63) is 29.3 Å². The van der Waals surface area contributed by atoms with Crippen molar-refractivity contribution in [3.63, 3.8) is 0 Å². The molecule has 3 nitrogen and oxygen atoms in total. The molecular weight excluding hydrogens is 406 g/mol. The third-order valence-corrected chi connectivity index (χ3v) is 7.26. The van der Waals surface area contributed by atoms with Gasteiger partial charge in [-0.1, -0.05) is 6.07 Å². The molecule has 2 aliphatic rings. The predicted molar refractivity (Wildman–Crippen MR) is 118 cm³/mol. The van der Waals surface area contributed by atoms with E-state index in [9.17, 15) is 17.6 Å². The van der Waals surface area contributed by atoms with Crippen LogP contribution in [0.2, 0.25) is 0 Å². The topological polar surface area (TPSA) is 9.72 Å². The molecule has 0 aliphatic carbocycles. The molecule has 0 atom stereocenters. The van der Waals surface area contributed by atoms with E-state index >= 15 is 0 Å². The normalized spacial score (nSPS) is 21.7. The molecule has 2 heterocycles. The molecule has 2 saturated heterocycles. The van der Waals surface area contributed by atoms with Crippen LogP contribution in [0.4, 0.5) is 23.2 Å². The van der Waals surface area contributed by atoms with Gasteiger partial charge in [0.15, 0.2) is 0 Å². The van der Waals surface area contributed by atoms with E-state index < -0.39 is 17.9 Å². The van der Waals surface area contributed by atoms with E-state index in [2.05, 4.69) is 44.5 Å². The first kappa shape index (κ1) is 24.3. The Labute approximate surface area is 184 Å². The van der Waals surface area contributed by atoms with E-state index in [1.807, 2.05) is 0 Å². The van der Waals surface area contributed by atoms with Gasteiger partial charge in [0, 0.05) is 49.5 Å². The highest BCUT2D eigenvalue weighted by atomic mass is 19.4. The van der Waals surface area contributed by atoms with Gasteiger partial charge in [0.25, 0.3) is 0 Å². The maximum absolute atomic E-state index is 13.6. The fourth-order valence-corrected chi connectivity index (χ4v) is 4.77. The first-order chi connectivity index (χ1) is 14.3. The quantitative estimate of drug-likeness (QED) is 0.551. The number of piperidine rings is 2. The molecule has 0 bridgehead atoms. The Bertz CT molecular complexity index is 740. The Morgan fingerprint density at radius 3 is 2.13 bits per heavy atom. The average molecular weight is 444 g/mol. The van der Waals surface area contributed by atoms with Crippen molar-refractivity contribution in [1.29, 1.82) is 0 Å². The number of likely N-dealkylation sites (tertiary alicyclic amines) is 1. The van der Waals surface area contributed by atoms with Crippen LogP contribution in [0.15, 0.2) is 18.2 Å². The van der Waals surface area contributed by atoms with Gasteiger partial charge in [-0.2, -0.15) is 13.2 Å². The van der Waals surface area contributed by atoms with E-state index in [1.54, 1.807) is 17.0 Å². The molecule has 0 radical (unpaired) electrons. The minimum atomic E-state index is -4.42. The lowest BCUT2D eigenvalue weighted by molar-refractivity contribution is -0.137. The SMILES string of the molecule is CN(Cc1ccc(C(F)(F)F)c(N2CCC(F)CC2)c1)C1(C)CCN(C(C)(C)C)CC1. The van der Waals surface area contributed by atoms with Gasteiger partial charge in [-0.15, -0.1) is 0 Å². The van der Waals surface area contributed by atoms with Crippen molar-refractivity contribution in [2.24, 2.45) is 0 Å². The molecule has 0 aromatic heterocycles. The molecule has 2 fully saturated rings. The standard InChI is InChI=1S/C24H37F4N3/c1-22(2,3)31-14-10-23(4,11-15-31)29(5)17-18-6-7-20(24(26,27)28)21(16-18)30-12-8-19(25)9-13-30/h6-7,16,19H,8-15,17H2,1-5H3. The number of halogens is 4. The minimum absolute atomic E-state index is 0.0111. The monoisotopic (exact) mass is 443 g/mol. The van der Waals surface area contributed by atoms with Crippen LogP contribution in [0.1, 0.15) is 64.5 Å². The zero-order chi connectivity index (χ0) is 23.0. The van der Waals surface area contributed by atoms with Gasteiger partial charge in [-0.25, -0.2) is 4.39 Å². The first-order valence-corrected chi connectivity index (χ1v) is 11.3. The van der Waals surface area contributed by atoms with E-state index in [0.29, 0.717) is 19.6 Å². The summed E-state index contributed by atoms with van der Waals surface area (Å²) in [6.45, 7) is 12.2. The van der Waals surface area contributed by atoms with Gasteiger partial charge < -0.3 is 4.90 Å². The maximum atomic E-state index is 13.6. The van der Waals surface area contributed by atoms with Crippen molar-refractivity contribution in [1.82, 2.24) is 9.80 Å². The second kappa shape index (κ2) is 8.89. The van der Waals surface area contributed by atoms with Gasteiger partial charge in [-0.3, -0.25) is 9.80 Å². The number of rotatable bonds is 4. The second-order valence-corrected chi connectivity index (χ2v) is 10.5. The molecule has 1 aromatic carbocycles. The van der Waals surface area contributed by atoms with Crippen LogP contribution in [-0.2, 0) is 12.7 Å². The van der Waals surface area contributed by atoms with Crippen LogP contribution >= 0.6 is 0 Å². The molecule has 0 saturated carbocycles. The molecule has 3 rings (SSSR count). The van der Waals surface area contributed by atoms with E-state index in [1.165, 1.54) is 6.07 Å². The fraction of sp³-hybridized carbons (Fsp3) is 0.750. The highest BCUT2D eigenvalue weighted by Crippen LogP contribution is 2.39. The van der Waals surface area contributed by atoms with Gasteiger partial charge in [-0.05, 0) is 78.1 Å². The Balaban J connectivity index is 1.76. The smallest absolute Gasteiger partial charge is 0.371 e. The number of hydrogen-bond donors (Lipinski definition) is 0. The lowest BCUT2D eigenvalue weighted by atomic mass is 9.85. The van der Waals surface area contributed by atoms with Crippen molar-refractivity contribution in [2.75, 3.05) is 38.1 Å². The Hall–Kier alpha value is -1.34. The number of hydrogen-bond acceptors (Lipinski definition) is 3. The number of nitrogens with zero attached hydrogens (tertiary/aromatic N) is 3. The van der Waals surface area contributed by atoms with Crippen molar-refractivity contribution in [2.45, 2.75) is 83.3 Å². The molecular formula is C24H37F4N3. The van der Waals surface area contributed by atoms with Crippen molar-refractivity contribution < 1.29 is 17.6 Å². The molecule has 7 heteroatoms. The summed E-state index contributed by atoms with van der Waals surface area (Å²) in [5.41, 5.74) is 0.596. The molecule has 2 aliphatic heterocycles. The third kappa shape index (κ3) is 5.72. The van der Waals surface area contributed by atoms with Crippen LogP contribution in [0.25, 0.3) is 0 Å². The second-order valence-electron chi connectivity index (χ2n) is 10.5. The van der Waals surface area contributed by atoms with Crippen molar-refractivity contribution in [3.8, 4) is 0 Å². The lowest BCUT2D eigenvalue weighted by Crippen LogP contribution is -2.55. The van der Waals surface area contributed by atoms with E-state index in [4.69, 9.17) is 0 Å². The van der Waals surface area contributed by atoms with E-state index in [0.717, 1.165) is 31.5 Å². The summed E-state index contributed by atoms with van der Waals surface area (Å²) >= 11 is 0. The van der Waals surface area contributed by atoms with Gasteiger partial charge in [0.1, 0.15) is 6.17 Å². The Morgan fingerprint density at radius 1 is 1.03 bits per heavy atom. The highest BCUT2D eigenvalue weighted by Gasteiger charge is 2.38.